The largest absolute Gasteiger partial charge is 0.481 e. The molecule has 2 aliphatic rings. The van der Waals surface area contributed by atoms with Gasteiger partial charge < -0.3 is 19.8 Å². The Kier molecular flexibility index (Phi) is 6.26. The van der Waals surface area contributed by atoms with E-state index in [0.717, 1.165) is 32.6 Å². The van der Waals surface area contributed by atoms with Crippen LogP contribution < -0.4 is 0 Å². The lowest BCUT2D eigenvalue weighted by molar-refractivity contribution is -0.141. The van der Waals surface area contributed by atoms with Crippen LogP contribution in [-0.4, -0.2) is 84.7 Å². The van der Waals surface area contributed by atoms with E-state index in [4.69, 9.17) is 5.11 Å². The summed E-state index contributed by atoms with van der Waals surface area (Å²) in [6.45, 7) is 11.7. The quantitative estimate of drug-likeness (QED) is 0.782. The average molecular weight is 283 g/mol. The predicted molar refractivity (Wildman–Crippen MR) is 80.0 cm³/mol. The van der Waals surface area contributed by atoms with Crippen LogP contribution in [0.5, 0.6) is 0 Å². The number of carboxylic acids is 1. The second-order valence-corrected chi connectivity index (χ2v) is 6.28. The summed E-state index contributed by atoms with van der Waals surface area (Å²) in [7, 11) is 0. The number of carboxylic acid groups (broad SMARTS) is 1. The van der Waals surface area contributed by atoms with Gasteiger partial charge in [0, 0.05) is 32.7 Å². The Balaban J connectivity index is 1.67. The summed E-state index contributed by atoms with van der Waals surface area (Å²) in [5, 5.41) is 9.00. The molecule has 0 spiro atoms. The highest BCUT2D eigenvalue weighted by atomic mass is 16.4. The van der Waals surface area contributed by atoms with Crippen LogP contribution in [0.2, 0.25) is 0 Å². The number of hydrogen-bond acceptors (Lipinski definition) is 4. The molecule has 5 nitrogen and oxygen atoms in total. The van der Waals surface area contributed by atoms with Gasteiger partial charge in [0.1, 0.15) is 0 Å². The number of carbonyl (C=O) groups is 1. The minimum atomic E-state index is -0.680. The molecule has 5 heteroatoms. The van der Waals surface area contributed by atoms with Gasteiger partial charge in [0.25, 0.3) is 0 Å². The van der Waals surface area contributed by atoms with Crippen LogP contribution in [0.1, 0.15) is 26.2 Å². The zero-order valence-corrected chi connectivity index (χ0v) is 12.8. The minimum absolute atomic E-state index is 0.258. The van der Waals surface area contributed by atoms with Crippen LogP contribution >= 0.6 is 0 Å². The molecule has 1 N–H and O–H groups in total. The molecule has 0 aromatic heterocycles. The van der Waals surface area contributed by atoms with Gasteiger partial charge in [-0.2, -0.15) is 0 Å². The topological polar surface area (TPSA) is 47.0 Å². The smallest absolute Gasteiger partial charge is 0.307 e. The molecular weight excluding hydrogens is 254 g/mol. The van der Waals surface area contributed by atoms with Crippen molar-refractivity contribution in [2.45, 2.75) is 26.2 Å². The minimum Gasteiger partial charge on any atom is -0.481 e. The van der Waals surface area contributed by atoms with Crippen LogP contribution in [0.25, 0.3) is 0 Å². The van der Waals surface area contributed by atoms with Crippen LogP contribution in [0.15, 0.2) is 0 Å². The fourth-order valence-electron chi connectivity index (χ4n) is 3.19. The monoisotopic (exact) mass is 283 g/mol. The molecule has 0 bridgehead atoms. The highest BCUT2D eigenvalue weighted by Crippen LogP contribution is 2.09. The first-order valence-corrected chi connectivity index (χ1v) is 8.05. The van der Waals surface area contributed by atoms with Gasteiger partial charge >= 0.3 is 5.97 Å². The van der Waals surface area contributed by atoms with E-state index in [1.165, 1.54) is 39.0 Å². The third kappa shape index (κ3) is 5.04. The van der Waals surface area contributed by atoms with E-state index in [9.17, 15) is 4.79 Å². The van der Waals surface area contributed by atoms with E-state index in [-0.39, 0.29) is 5.92 Å². The molecule has 2 aliphatic heterocycles. The first kappa shape index (κ1) is 15.7. The van der Waals surface area contributed by atoms with Crippen molar-refractivity contribution < 1.29 is 9.90 Å². The maximum atomic E-state index is 10.9. The van der Waals surface area contributed by atoms with Gasteiger partial charge in [-0.05, 0) is 45.4 Å². The van der Waals surface area contributed by atoms with Crippen LogP contribution in [0, 0.1) is 5.92 Å². The first-order chi connectivity index (χ1) is 9.65. The fourth-order valence-corrected chi connectivity index (χ4v) is 3.19. The van der Waals surface area contributed by atoms with Gasteiger partial charge in [-0.15, -0.1) is 0 Å². The summed E-state index contributed by atoms with van der Waals surface area (Å²) < 4.78 is 0. The molecule has 1 unspecified atom stereocenters. The lowest BCUT2D eigenvalue weighted by Gasteiger charge is -2.24. The van der Waals surface area contributed by atoms with Crippen molar-refractivity contribution >= 4 is 5.97 Å². The van der Waals surface area contributed by atoms with E-state index in [1.54, 1.807) is 6.92 Å². The number of aliphatic carboxylic acids is 1. The van der Waals surface area contributed by atoms with Crippen LogP contribution in [0.4, 0.5) is 0 Å². The Bertz CT molecular complexity index is 305. The second kappa shape index (κ2) is 7.96. The maximum absolute atomic E-state index is 10.9. The molecule has 0 amide bonds. The molecule has 2 saturated heterocycles. The SMILES string of the molecule is CC(CN1CCCN(CCN2CCCC2)CC1)C(=O)O. The van der Waals surface area contributed by atoms with Gasteiger partial charge in [0.05, 0.1) is 5.92 Å². The second-order valence-electron chi connectivity index (χ2n) is 6.28. The number of likely N-dealkylation sites (tertiary alicyclic amines) is 1. The van der Waals surface area contributed by atoms with Gasteiger partial charge in [0.2, 0.25) is 0 Å². The van der Waals surface area contributed by atoms with Crippen LogP contribution in [0.3, 0.4) is 0 Å². The number of nitrogens with zero attached hydrogens (tertiary/aromatic N) is 3. The third-order valence-corrected chi connectivity index (χ3v) is 4.57. The Labute approximate surface area is 122 Å². The van der Waals surface area contributed by atoms with Gasteiger partial charge in [-0.3, -0.25) is 4.79 Å². The van der Waals surface area contributed by atoms with E-state index >= 15 is 0 Å². The van der Waals surface area contributed by atoms with Gasteiger partial charge in [0.15, 0.2) is 0 Å². The molecule has 2 rings (SSSR count). The van der Waals surface area contributed by atoms with Crippen molar-refractivity contribution in [1.29, 1.82) is 0 Å². The Morgan fingerprint density at radius 3 is 2.05 bits per heavy atom. The molecule has 20 heavy (non-hydrogen) atoms. The summed E-state index contributed by atoms with van der Waals surface area (Å²) in [4.78, 5) is 18.4. The van der Waals surface area contributed by atoms with Gasteiger partial charge in [-0.1, -0.05) is 6.92 Å². The molecule has 1 atom stereocenters. The molecule has 0 radical (unpaired) electrons. The Morgan fingerprint density at radius 2 is 1.40 bits per heavy atom. The average Bonchev–Trinajstić information content (AvgIpc) is 2.84. The normalized spacial score (nSPS) is 24.6. The highest BCUT2D eigenvalue weighted by molar-refractivity contribution is 5.69. The Hall–Kier alpha value is -0.650. The summed E-state index contributed by atoms with van der Waals surface area (Å²) in [6.07, 6.45) is 3.88. The summed E-state index contributed by atoms with van der Waals surface area (Å²) >= 11 is 0. The molecule has 2 fully saturated rings. The van der Waals surface area contributed by atoms with Crippen molar-refractivity contribution in [2.75, 3.05) is 58.9 Å². The van der Waals surface area contributed by atoms with E-state index in [1.807, 2.05) is 0 Å². The summed E-state index contributed by atoms with van der Waals surface area (Å²) in [5.41, 5.74) is 0. The highest BCUT2D eigenvalue weighted by Gasteiger charge is 2.20. The lowest BCUT2D eigenvalue weighted by Crippen LogP contribution is -2.37. The van der Waals surface area contributed by atoms with Crippen molar-refractivity contribution in [3.63, 3.8) is 0 Å². The molecular formula is C15H29N3O2. The lowest BCUT2D eigenvalue weighted by atomic mass is 10.1. The van der Waals surface area contributed by atoms with Crippen molar-refractivity contribution in [3.8, 4) is 0 Å². The molecule has 0 aromatic carbocycles. The summed E-state index contributed by atoms with van der Waals surface area (Å²) in [5.74, 6) is -0.939. The van der Waals surface area contributed by atoms with Crippen molar-refractivity contribution in [2.24, 2.45) is 5.92 Å². The Morgan fingerprint density at radius 1 is 0.900 bits per heavy atom. The maximum Gasteiger partial charge on any atom is 0.307 e. The molecule has 0 aliphatic carbocycles. The molecule has 2 heterocycles. The summed E-state index contributed by atoms with van der Waals surface area (Å²) in [6, 6.07) is 0. The number of hydrogen-bond donors (Lipinski definition) is 1. The zero-order valence-electron chi connectivity index (χ0n) is 12.8. The molecule has 0 saturated carbocycles. The first-order valence-electron chi connectivity index (χ1n) is 8.05. The fraction of sp³-hybridized carbons (Fsp3) is 0.933. The van der Waals surface area contributed by atoms with E-state index < -0.39 is 5.97 Å². The zero-order chi connectivity index (χ0) is 14.4. The molecule has 0 aromatic rings. The van der Waals surface area contributed by atoms with E-state index in [2.05, 4.69) is 14.7 Å². The standard InChI is InChI=1S/C15H29N3O2/c1-14(15(19)20)13-18-8-4-7-17(11-12-18)10-9-16-5-2-3-6-16/h14H,2-13H2,1H3,(H,19,20). The van der Waals surface area contributed by atoms with E-state index in [0.29, 0.717) is 6.54 Å². The number of rotatable bonds is 6. The van der Waals surface area contributed by atoms with Crippen molar-refractivity contribution in [3.05, 3.63) is 0 Å². The third-order valence-electron chi connectivity index (χ3n) is 4.57. The van der Waals surface area contributed by atoms with Gasteiger partial charge in [-0.25, -0.2) is 0 Å². The van der Waals surface area contributed by atoms with Crippen LogP contribution in [-0.2, 0) is 4.79 Å². The predicted octanol–water partition coefficient (Wildman–Crippen LogP) is 0.811. The molecule has 116 valence electrons. The van der Waals surface area contributed by atoms with Crippen molar-refractivity contribution in [1.82, 2.24) is 14.7 Å².